The van der Waals surface area contributed by atoms with Crippen LogP contribution in [0.5, 0.6) is 0 Å². The molecule has 2 heterocycles. The molecule has 0 bridgehead atoms. The molecule has 1 aliphatic heterocycles. The Morgan fingerprint density at radius 3 is 3.00 bits per heavy atom. The monoisotopic (exact) mass is 267 g/mol. The molecule has 0 spiro atoms. The van der Waals surface area contributed by atoms with Crippen LogP contribution in [0, 0.1) is 5.92 Å². The third kappa shape index (κ3) is 3.23. The Labute approximate surface area is 112 Å². The number of piperidine rings is 1. The first kappa shape index (κ1) is 13.8. The largest absolute Gasteiger partial charge is 0.407 e. The zero-order valence-corrected chi connectivity index (χ0v) is 11.4. The molecule has 2 atom stereocenters. The third-order valence-electron chi connectivity index (χ3n) is 3.51. The van der Waals surface area contributed by atoms with Gasteiger partial charge in [-0.2, -0.15) is 0 Å². The summed E-state index contributed by atoms with van der Waals surface area (Å²) in [5.41, 5.74) is 5.38. The summed E-state index contributed by atoms with van der Waals surface area (Å²) in [6.07, 6.45) is 1.73. The van der Waals surface area contributed by atoms with Crippen molar-refractivity contribution in [3.8, 4) is 0 Å². The van der Waals surface area contributed by atoms with Gasteiger partial charge in [0.05, 0.1) is 12.5 Å². The van der Waals surface area contributed by atoms with Crippen molar-refractivity contribution in [2.45, 2.75) is 39.3 Å². The van der Waals surface area contributed by atoms with Crippen LogP contribution in [0.4, 0.5) is 6.01 Å². The molecule has 1 fully saturated rings. The van der Waals surface area contributed by atoms with E-state index in [1.54, 1.807) is 0 Å². The van der Waals surface area contributed by atoms with E-state index < -0.39 is 0 Å². The number of nitrogens with one attached hydrogen (secondary N) is 1. The number of hydrogen-bond donors (Lipinski definition) is 2. The van der Waals surface area contributed by atoms with E-state index in [9.17, 15) is 4.79 Å². The maximum Gasteiger partial charge on any atom is 0.318 e. The summed E-state index contributed by atoms with van der Waals surface area (Å²) in [4.78, 5) is 13.3. The number of hydrogen-bond acceptors (Lipinski definition) is 6. The van der Waals surface area contributed by atoms with E-state index in [-0.39, 0.29) is 17.9 Å². The van der Waals surface area contributed by atoms with E-state index in [0.717, 1.165) is 19.4 Å². The topological polar surface area (TPSA) is 97.3 Å². The van der Waals surface area contributed by atoms with Gasteiger partial charge in [0.1, 0.15) is 0 Å². The van der Waals surface area contributed by atoms with Gasteiger partial charge in [0.2, 0.25) is 11.8 Å². The van der Waals surface area contributed by atoms with Crippen molar-refractivity contribution in [2.75, 3.05) is 18.0 Å². The zero-order valence-electron chi connectivity index (χ0n) is 11.4. The lowest BCUT2D eigenvalue weighted by Crippen LogP contribution is -2.46. The lowest BCUT2D eigenvalue weighted by Gasteiger charge is -2.35. The van der Waals surface area contributed by atoms with Crippen LogP contribution in [-0.4, -0.2) is 35.2 Å². The number of carbonyl (C=O) groups is 1. The van der Waals surface area contributed by atoms with Gasteiger partial charge in [0, 0.05) is 12.6 Å². The van der Waals surface area contributed by atoms with Crippen LogP contribution in [0.1, 0.15) is 32.6 Å². The van der Waals surface area contributed by atoms with E-state index in [4.69, 9.17) is 10.2 Å². The summed E-state index contributed by atoms with van der Waals surface area (Å²) in [6.45, 7) is 6.07. The van der Waals surface area contributed by atoms with E-state index in [2.05, 4.69) is 22.4 Å². The molecule has 1 saturated heterocycles. The van der Waals surface area contributed by atoms with Crippen LogP contribution in [0.3, 0.4) is 0 Å². The Bertz CT molecular complexity index is 434. The number of rotatable bonds is 5. The van der Waals surface area contributed by atoms with Crippen molar-refractivity contribution in [2.24, 2.45) is 11.7 Å². The van der Waals surface area contributed by atoms with Crippen molar-refractivity contribution in [1.29, 1.82) is 0 Å². The second kappa shape index (κ2) is 6.01. The number of carbonyl (C=O) groups excluding carboxylic acids is 1. The highest BCUT2D eigenvalue weighted by atomic mass is 16.4. The SMILES string of the molecule is CCNCc1nnc(N2CC(C(N)=O)CCC2C)o1. The molecule has 0 aliphatic carbocycles. The fraction of sp³-hybridized carbons (Fsp3) is 0.750. The van der Waals surface area contributed by atoms with Crippen LogP contribution >= 0.6 is 0 Å². The quantitative estimate of drug-likeness (QED) is 0.794. The lowest BCUT2D eigenvalue weighted by atomic mass is 9.93. The molecule has 19 heavy (non-hydrogen) atoms. The molecule has 0 aromatic carbocycles. The normalized spacial score (nSPS) is 23.6. The second-order valence-electron chi connectivity index (χ2n) is 4.94. The van der Waals surface area contributed by atoms with Gasteiger partial charge in [-0.25, -0.2) is 0 Å². The molecule has 106 valence electrons. The summed E-state index contributed by atoms with van der Waals surface area (Å²) >= 11 is 0. The Kier molecular flexibility index (Phi) is 4.36. The van der Waals surface area contributed by atoms with E-state index in [0.29, 0.717) is 25.0 Å². The summed E-state index contributed by atoms with van der Waals surface area (Å²) < 4.78 is 5.61. The number of amides is 1. The van der Waals surface area contributed by atoms with Crippen molar-refractivity contribution in [3.63, 3.8) is 0 Å². The highest BCUT2D eigenvalue weighted by Gasteiger charge is 2.31. The number of nitrogens with two attached hydrogens (primary N) is 1. The summed E-state index contributed by atoms with van der Waals surface area (Å²) in [5, 5.41) is 11.2. The Morgan fingerprint density at radius 1 is 1.53 bits per heavy atom. The molecule has 3 N–H and O–H groups in total. The molecule has 1 amide bonds. The summed E-state index contributed by atoms with van der Waals surface area (Å²) in [6, 6.07) is 0.759. The maximum absolute atomic E-state index is 11.3. The van der Waals surface area contributed by atoms with Gasteiger partial charge in [-0.05, 0) is 26.3 Å². The van der Waals surface area contributed by atoms with Crippen molar-refractivity contribution in [1.82, 2.24) is 15.5 Å². The molecule has 2 rings (SSSR count). The molecular weight excluding hydrogens is 246 g/mol. The van der Waals surface area contributed by atoms with Crippen LogP contribution in [-0.2, 0) is 11.3 Å². The molecule has 1 aromatic rings. The molecular formula is C12H21N5O2. The van der Waals surface area contributed by atoms with E-state index in [1.807, 2.05) is 11.8 Å². The molecule has 7 heteroatoms. The number of nitrogens with zero attached hydrogens (tertiary/aromatic N) is 3. The van der Waals surface area contributed by atoms with Crippen molar-refractivity contribution >= 4 is 11.9 Å². The molecule has 2 unspecified atom stereocenters. The minimum atomic E-state index is -0.260. The predicted octanol–water partition coefficient (Wildman–Crippen LogP) is 0.269. The first-order chi connectivity index (χ1) is 9.11. The highest BCUT2D eigenvalue weighted by Crippen LogP contribution is 2.26. The smallest absolute Gasteiger partial charge is 0.318 e. The minimum absolute atomic E-state index is 0.139. The number of primary amides is 1. The molecule has 0 saturated carbocycles. The Balaban J connectivity index is 2.05. The van der Waals surface area contributed by atoms with Gasteiger partial charge in [0.25, 0.3) is 0 Å². The van der Waals surface area contributed by atoms with Crippen LogP contribution in [0.25, 0.3) is 0 Å². The first-order valence-electron chi connectivity index (χ1n) is 6.70. The van der Waals surface area contributed by atoms with E-state index >= 15 is 0 Å². The van der Waals surface area contributed by atoms with Crippen LogP contribution in [0.2, 0.25) is 0 Å². The van der Waals surface area contributed by atoms with Crippen molar-refractivity contribution < 1.29 is 9.21 Å². The van der Waals surface area contributed by atoms with Crippen LogP contribution < -0.4 is 16.0 Å². The number of aromatic nitrogens is 2. The van der Waals surface area contributed by atoms with Gasteiger partial charge < -0.3 is 20.4 Å². The van der Waals surface area contributed by atoms with Gasteiger partial charge >= 0.3 is 6.01 Å². The highest BCUT2D eigenvalue weighted by molar-refractivity contribution is 5.77. The lowest BCUT2D eigenvalue weighted by molar-refractivity contribution is -0.122. The fourth-order valence-corrected chi connectivity index (χ4v) is 2.27. The fourth-order valence-electron chi connectivity index (χ4n) is 2.27. The van der Waals surface area contributed by atoms with Gasteiger partial charge in [-0.15, -0.1) is 5.10 Å². The van der Waals surface area contributed by atoms with E-state index in [1.165, 1.54) is 0 Å². The minimum Gasteiger partial charge on any atom is -0.407 e. The molecule has 7 nitrogen and oxygen atoms in total. The average Bonchev–Trinajstić information content (AvgIpc) is 2.85. The van der Waals surface area contributed by atoms with Gasteiger partial charge in [-0.1, -0.05) is 12.0 Å². The van der Waals surface area contributed by atoms with Gasteiger partial charge in [-0.3, -0.25) is 4.79 Å². The predicted molar refractivity (Wildman–Crippen MR) is 70.4 cm³/mol. The molecule has 1 aromatic heterocycles. The Morgan fingerprint density at radius 2 is 2.32 bits per heavy atom. The third-order valence-corrected chi connectivity index (χ3v) is 3.51. The first-order valence-corrected chi connectivity index (χ1v) is 6.70. The number of anilines is 1. The Hall–Kier alpha value is -1.63. The zero-order chi connectivity index (χ0) is 13.8. The maximum atomic E-state index is 11.3. The summed E-state index contributed by atoms with van der Waals surface area (Å²) in [5.74, 6) is 0.162. The second-order valence-corrected chi connectivity index (χ2v) is 4.94. The van der Waals surface area contributed by atoms with Crippen LogP contribution in [0.15, 0.2) is 4.42 Å². The van der Waals surface area contributed by atoms with Crippen molar-refractivity contribution in [3.05, 3.63) is 5.89 Å². The summed E-state index contributed by atoms with van der Waals surface area (Å²) in [7, 11) is 0. The molecule has 1 aliphatic rings. The molecule has 0 radical (unpaired) electrons. The van der Waals surface area contributed by atoms with Gasteiger partial charge in [0.15, 0.2) is 0 Å². The average molecular weight is 267 g/mol. The standard InChI is InChI=1S/C12H21N5O2/c1-3-14-6-10-15-16-12(19-10)17-7-9(11(13)18)5-4-8(17)2/h8-9,14H,3-7H2,1-2H3,(H2,13,18).